The molecule has 2 N–H and O–H groups in total. The number of hydrogen-bond donors (Lipinski definition) is 2. The third-order valence-electron chi connectivity index (χ3n) is 3.14. The monoisotopic (exact) mass is 293 g/mol. The summed E-state index contributed by atoms with van der Waals surface area (Å²) < 4.78 is 23.2. The number of nitrogens with zero attached hydrogens (tertiary/aromatic N) is 1. The fourth-order valence-corrected chi connectivity index (χ4v) is 2.96. The average Bonchev–Trinajstić information content (AvgIpc) is 2.80. The van der Waals surface area contributed by atoms with Crippen molar-refractivity contribution in [3.63, 3.8) is 0 Å². The Morgan fingerprint density at radius 1 is 1.30 bits per heavy atom. The molecule has 0 aliphatic heterocycles. The summed E-state index contributed by atoms with van der Waals surface area (Å²) >= 11 is 0. The Morgan fingerprint density at radius 3 is 2.55 bits per heavy atom. The van der Waals surface area contributed by atoms with Gasteiger partial charge in [-0.05, 0) is 12.5 Å². The van der Waals surface area contributed by atoms with Crippen molar-refractivity contribution in [2.75, 3.05) is 12.0 Å². The zero-order chi connectivity index (χ0) is 14.6. The molecule has 0 saturated heterocycles. The average molecular weight is 293 g/mol. The van der Waals surface area contributed by atoms with Gasteiger partial charge in [0.25, 0.3) is 0 Å². The minimum atomic E-state index is -3.06. The molecule has 1 aromatic carbocycles. The lowest BCUT2D eigenvalue weighted by Gasteiger charge is -2.18. The van der Waals surface area contributed by atoms with Gasteiger partial charge in [0.05, 0.1) is 11.9 Å². The molecular weight excluding hydrogens is 274 g/mol. The fourth-order valence-electron chi connectivity index (χ4n) is 2.05. The van der Waals surface area contributed by atoms with Crippen LogP contribution in [0, 0.1) is 6.92 Å². The van der Waals surface area contributed by atoms with Crippen LogP contribution in [0.2, 0.25) is 0 Å². The van der Waals surface area contributed by atoms with Crippen LogP contribution >= 0.6 is 0 Å². The summed E-state index contributed by atoms with van der Waals surface area (Å²) in [6.07, 6.45) is 3.01. The Labute approximate surface area is 119 Å². The second-order valence-electron chi connectivity index (χ2n) is 4.96. The number of aromatic nitrogens is 2. The molecule has 0 bridgehead atoms. The minimum Gasteiger partial charge on any atom is -0.305 e. The van der Waals surface area contributed by atoms with Crippen LogP contribution in [0.4, 0.5) is 0 Å². The molecule has 2 aromatic rings. The molecule has 0 radical (unpaired) electrons. The molecule has 2 rings (SSSR count). The Balaban J connectivity index is 2.13. The number of hydrogen-bond acceptors (Lipinski definition) is 4. The van der Waals surface area contributed by atoms with E-state index in [4.69, 9.17) is 0 Å². The van der Waals surface area contributed by atoms with Gasteiger partial charge >= 0.3 is 0 Å². The van der Waals surface area contributed by atoms with Crippen molar-refractivity contribution >= 4 is 9.84 Å². The van der Waals surface area contributed by atoms with Crippen LogP contribution in [-0.2, 0) is 16.4 Å². The van der Waals surface area contributed by atoms with Gasteiger partial charge in [0.15, 0.2) is 0 Å². The van der Waals surface area contributed by atoms with E-state index in [1.165, 1.54) is 6.26 Å². The second kappa shape index (κ2) is 6.19. The van der Waals surface area contributed by atoms with Gasteiger partial charge in [-0.1, -0.05) is 30.3 Å². The standard InChI is InChI=1S/C14H19N3O2S/c1-11-13(9-16-17-11)8-15-14(10-20(2,18)19)12-6-4-3-5-7-12/h3-7,9,14-15H,8,10H2,1-2H3,(H,16,17)/t14-/m0/s1. The van der Waals surface area contributed by atoms with Gasteiger partial charge < -0.3 is 5.32 Å². The second-order valence-corrected chi connectivity index (χ2v) is 7.14. The molecule has 1 aromatic heterocycles. The predicted molar refractivity (Wildman–Crippen MR) is 79.1 cm³/mol. The molecule has 0 amide bonds. The molecule has 0 aliphatic rings. The van der Waals surface area contributed by atoms with Crippen molar-refractivity contribution in [2.45, 2.75) is 19.5 Å². The van der Waals surface area contributed by atoms with Crippen molar-refractivity contribution < 1.29 is 8.42 Å². The van der Waals surface area contributed by atoms with E-state index in [1.54, 1.807) is 6.20 Å². The molecule has 6 heteroatoms. The first kappa shape index (κ1) is 14.7. The van der Waals surface area contributed by atoms with Crippen molar-refractivity contribution in [3.8, 4) is 0 Å². The maximum Gasteiger partial charge on any atom is 0.149 e. The van der Waals surface area contributed by atoms with E-state index in [2.05, 4.69) is 15.5 Å². The predicted octanol–water partition coefficient (Wildman–Crippen LogP) is 1.59. The van der Waals surface area contributed by atoms with Gasteiger partial charge in [-0.25, -0.2) is 8.42 Å². The first-order chi connectivity index (χ1) is 9.46. The molecule has 0 spiro atoms. The Kier molecular flexibility index (Phi) is 4.57. The molecular formula is C14H19N3O2S. The van der Waals surface area contributed by atoms with Crippen molar-refractivity contribution in [1.29, 1.82) is 0 Å². The maximum absolute atomic E-state index is 11.6. The van der Waals surface area contributed by atoms with Gasteiger partial charge in [-0.15, -0.1) is 0 Å². The highest BCUT2D eigenvalue weighted by Gasteiger charge is 2.17. The van der Waals surface area contributed by atoms with E-state index in [1.807, 2.05) is 37.3 Å². The highest BCUT2D eigenvalue weighted by atomic mass is 32.2. The van der Waals surface area contributed by atoms with E-state index < -0.39 is 9.84 Å². The fraction of sp³-hybridized carbons (Fsp3) is 0.357. The van der Waals surface area contributed by atoms with Gasteiger partial charge in [0.1, 0.15) is 9.84 Å². The zero-order valence-corrected chi connectivity index (χ0v) is 12.4. The SMILES string of the molecule is Cc1[nH]ncc1CN[C@@H](CS(C)(=O)=O)c1ccccc1. The Bertz CT molecular complexity index is 650. The summed E-state index contributed by atoms with van der Waals surface area (Å²) in [5, 5.41) is 10.1. The smallest absolute Gasteiger partial charge is 0.149 e. The van der Waals surface area contributed by atoms with E-state index >= 15 is 0 Å². The summed E-state index contributed by atoms with van der Waals surface area (Å²) in [5.74, 6) is 0.0773. The lowest BCUT2D eigenvalue weighted by molar-refractivity contribution is 0.550. The van der Waals surface area contributed by atoms with Gasteiger partial charge in [-0.3, -0.25) is 5.10 Å². The highest BCUT2D eigenvalue weighted by molar-refractivity contribution is 7.90. The lowest BCUT2D eigenvalue weighted by Crippen LogP contribution is -2.27. The molecule has 108 valence electrons. The first-order valence-corrected chi connectivity index (χ1v) is 8.46. The Morgan fingerprint density at radius 2 is 2.00 bits per heavy atom. The molecule has 5 nitrogen and oxygen atoms in total. The zero-order valence-electron chi connectivity index (χ0n) is 11.6. The molecule has 0 unspecified atom stereocenters. The molecule has 20 heavy (non-hydrogen) atoms. The van der Waals surface area contributed by atoms with Crippen molar-refractivity contribution in [2.24, 2.45) is 0 Å². The summed E-state index contributed by atoms with van der Waals surface area (Å²) in [6, 6.07) is 9.39. The van der Waals surface area contributed by atoms with Crippen LogP contribution < -0.4 is 5.32 Å². The first-order valence-electron chi connectivity index (χ1n) is 6.40. The molecule has 1 heterocycles. The van der Waals surface area contributed by atoms with Gasteiger partial charge in [-0.2, -0.15) is 5.10 Å². The number of sulfone groups is 1. The summed E-state index contributed by atoms with van der Waals surface area (Å²) in [5.41, 5.74) is 3.00. The van der Waals surface area contributed by atoms with Gasteiger partial charge in [0.2, 0.25) is 0 Å². The third kappa shape index (κ3) is 4.18. The Hall–Kier alpha value is -1.66. The third-order valence-corrected chi connectivity index (χ3v) is 4.08. The number of rotatable bonds is 6. The molecule has 0 aliphatic carbocycles. The van der Waals surface area contributed by atoms with E-state index in [-0.39, 0.29) is 11.8 Å². The highest BCUT2D eigenvalue weighted by Crippen LogP contribution is 2.16. The van der Waals surface area contributed by atoms with E-state index in [0.717, 1.165) is 16.8 Å². The van der Waals surface area contributed by atoms with Crippen LogP contribution in [0.15, 0.2) is 36.5 Å². The van der Waals surface area contributed by atoms with Crippen molar-refractivity contribution in [1.82, 2.24) is 15.5 Å². The number of aryl methyl sites for hydroxylation is 1. The van der Waals surface area contributed by atoms with Crippen LogP contribution in [-0.4, -0.2) is 30.6 Å². The summed E-state index contributed by atoms with van der Waals surface area (Å²) in [7, 11) is -3.06. The topological polar surface area (TPSA) is 74.8 Å². The van der Waals surface area contributed by atoms with Crippen LogP contribution in [0.3, 0.4) is 0 Å². The summed E-state index contributed by atoms with van der Waals surface area (Å²) in [4.78, 5) is 0. The largest absolute Gasteiger partial charge is 0.305 e. The minimum absolute atomic E-state index is 0.0773. The number of H-pyrrole nitrogens is 1. The maximum atomic E-state index is 11.6. The lowest BCUT2D eigenvalue weighted by atomic mass is 10.1. The summed E-state index contributed by atoms with van der Waals surface area (Å²) in [6.45, 7) is 2.52. The number of nitrogens with one attached hydrogen (secondary N) is 2. The molecule has 1 atom stereocenters. The number of benzene rings is 1. The normalized spacial score (nSPS) is 13.3. The molecule has 0 saturated carbocycles. The van der Waals surface area contributed by atoms with Crippen molar-refractivity contribution in [3.05, 3.63) is 53.3 Å². The number of aromatic amines is 1. The van der Waals surface area contributed by atoms with Crippen LogP contribution in [0.1, 0.15) is 22.9 Å². The van der Waals surface area contributed by atoms with E-state index in [9.17, 15) is 8.42 Å². The molecule has 0 fully saturated rings. The van der Waals surface area contributed by atoms with E-state index in [0.29, 0.717) is 6.54 Å². The van der Waals surface area contributed by atoms with Crippen LogP contribution in [0.25, 0.3) is 0 Å². The van der Waals surface area contributed by atoms with Gasteiger partial charge in [0, 0.05) is 30.1 Å². The van der Waals surface area contributed by atoms with Crippen LogP contribution in [0.5, 0.6) is 0 Å². The quantitative estimate of drug-likeness (QED) is 0.848.